The van der Waals surface area contributed by atoms with Crippen LogP contribution in [0.1, 0.15) is 29.2 Å². The van der Waals surface area contributed by atoms with E-state index in [2.05, 4.69) is 0 Å². The number of hydrogen-bond donors (Lipinski definition) is 0. The maximum atomic E-state index is 12.5. The van der Waals surface area contributed by atoms with Crippen molar-refractivity contribution in [1.29, 1.82) is 0 Å². The third-order valence-electron chi connectivity index (χ3n) is 3.99. The fourth-order valence-electron chi connectivity index (χ4n) is 3.04. The maximum Gasteiger partial charge on any atom is 0.289 e. The Morgan fingerprint density at radius 2 is 2.32 bits per heavy atom. The monoisotopic (exact) mass is 265 g/mol. The SMILES string of the molecule is CO[C@@H]1CN(C(=O)c2ccc(C)o2)[C@H]2CCCO[C@@H]12. The summed E-state index contributed by atoms with van der Waals surface area (Å²) >= 11 is 0. The molecule has 0 spiro atoms. The van der Waals surface area contributed by atoms with Crippen molar-refractivity contribution in [1.82, 2.24) is 4.90 Å². The second-order valence-corrected chi connectivity index (χ2v) is 5.19. The number of carbonyl (C=O) groups is 1. The first-order valence-electron chi connectivity index (χ1n) is 6.72. The van der Waals surface area contributed by atoms with Crippen LogP contribution in [0.2, 0.25) is 0 Å². The molecule has 104 valence electrons. The van der Waals surface area contributed by atoms with Crippen LogP contribution < -0.4 is 0 Å². The minimum Gasteiger partial charge on any atom is -0.456 e. The molecule has 2 aliphatic heterocycles. The van der Waals surface area contributed by atoms with Gasteiger partial charge in [0.25, 0.3) is 5.91 Å². The van der Waals surface area contributed by atoms with E-state index in [-0.39, 0.29) is 24.2 Å². The summed E-state index contributed by atoms with van der Waals surface area (Å²) in [4.78, 5) is 14.3. The van der Waals surface area contributed by atoms with E-state index in [1.807, 2.05) is 17.9 Å². The molecule has 1 amide bonds. The Morgan fingerprint density at radius 3 is 3.00 bits per heavy atom. The number of methoxy groups -OCH3 is 1. The summed E-state index contributed by atoms with van der Waals surface area (Å²) in [6.45, 7) is 3.17. The van der Waals surface area contributed by atoms with Gasteiger partial charge in [0.2, 0.25) is 0 Å². The zero-order valence-corrected chi connectivity index (χ0v) is 11.3. The van der Waals surface area contributed by atoms with Gasteiger partial charge in [-0.3, -0.25) is 4.79 Å². The first-order valence-corrected chi connectivity index (χ1v) is 6.72. The van der Waals surface area contributed by atoms with Crippen molar-refractivity contribution in [3.63, 3.8) is 0 Å². The Kier molecular flexibility index (Phi) is 3.33. The van der Waals surface area contributed by atoms with Gasteiger partial charge in [-0.25, -0.2) is 0 Å². The molecule has 0 bridgehead atoms. The number of aryl methyl sites for hydroxylation is 1. The number of likely N-dealkylation sites (tertiary alicyclic amines) is 1. The molecule has 2 saturated heterocycles. The van der Waals surface area contributed by atoms with Gasteiger partial charge >= 0.3 is 0 Å². The number of rotatable bonds is 2. The minimum absolute atomic E-state index is 0.00115. The normalized spacial score (nSPS) is 30.4. The van der Waals surface area contributed by atoms with E-state index in [0.717, 1.165) is 25.2 Å². The number of hydrogen-bond acceptors (Lipinski definition) is 4. The zero-order chi connectivity index (χ0) is 13.4. The van der Waals surface area contributed by atoms with Crippen LogP contribution in [0.5, 0.6) is 0 Å². The fourth-order valence-corrected chi connectivity index (χ4v) is 3.04. The van der Waals surface area contributed by atoms with Crippen LogP contribution in [0.25, 0.3) is 0 Å². The van der Waals surface area contributed by atoms with Gasteiger partial charge in [0.15, 0.2) is 5.76 Å². The lowest BCUT2D eigenvalue weighted by Crippen LogP contribution is -2.43. The number of fused-ring (bicyclic) bond motifs is 1. The summed E-state index contributed by atoms with van der Waals surface area (Å²) in [5.41, 5.74) is 0. The summed E-state index contributed by atoms with van der Waals surface area (Å²) < 4.78 is 16.7. The quantitative estimate of drug-likeness (QED) is 0.815. The van der Waals surface area contributed by atoms with Crippen molar-refractivity contribution in [3.8, 4) is 0 Å². The van der Waals surface area contributed by atoms with Crippen molar-refractivity contribution < 1.29 is 18.7 Å². The molecular formula is C14H19NO4. The topological polar surface area (TPSA) is 51.9 Å². The fraction of sp³-hybridized carbons (Fsp3) is 0.643. The van der Waals surface area contributed by atoms with Gasteiger partial charge in [-0.15, -0.1) is 0 Å². The van der Waals surface area contributed by atoms with E-state index in [1.165, 1.54) is 0 Å². The van der Waals surface area contributed by atoms with Crippen molar-refractivity contribution >= 4 is 5.91 Å². The molecule has 0 N–H and O–H groups in total. The number of nitrogens with zero attached hydrogens (tertiary/aromatic N) is 1. The van der Waals surface area contributed by atoms with Gasteiger partial charge < -0.3 is 18.8 Å². The van der Waals surface area contributed by atoms with Gasteiger partial charge in [0.05, 0.1) is 12.6 Å². The number of carbonyl (C=O) groups excluding carboxylic acids is 1. The minimum atomic E-state index is -0.0619. The van der Waals surface area contributed by atoms with Crippen molar-refractivity contribution in [2.24, 2.45) is 0 Å². The van der Waals surface area contributed by atoms with Crippen LogP contribution >= 0.6 is 0 Å². The largest absolute Gasteiger partial charge is 0.456 e. The molecule has 0 saturated carbocycles. The Labute approximate surface area is 112 Å². The van der Waals surface area contributed by atoms with Crippen LogP contribution in [-0.2, 0) is 9.47 Å². The van der Waals surface area contributed by atoms with Crippen molar-refractivity contribution in [2.75, 3.05) is 20.3 Å². The molecule has 5 nitrogen and oxygen atoms in total. The van der Waals surface area contributed by atoms with Gasteiger partial charge in [0, 0.05) is 13.7 Å². The highest BCUT2D eigenvalue weighted by Crippen LogP contribution is 2.31. The highest BCUT2D eigenvalue weighted by atomic mass is 16.5. The summed E-state index contributed by atoms with van der Waals surface area (Å²) in [6.07, 6.45) is 1.91. The van der Waals surface area contributed by atoms with Gasteiger partial charge in [-0.05, 0) is 31.9 Å². The molecule has 3 heterocycles. The molecule has 19 heavy (non-hydrogen) atoms. The van der Waals surface area contributed by atoms with Gasteiger partial charge in [-0.2, -0.15) is 0 Å². The second-order valence-electron chi connectivity index (χ2n) is 5.19. The van der Waals surface area contributed by atoms with Crippen LogP contribution in [-0.4, -0.2) is 49.3 Å². The third-order valence-corrected chi connectivity index (χ3v) is 3.99. The smallest absolute Gasteiger partial charge is 0.289 e. The lowest BCUT2D eigenvalue weighted by molar-refractivity contribution is -0.0640. The van der Waals surface area contributed by atoms with E-state index in [9.17, 15) is 4.79 Å². The highest BCUT2D eigenvalue weighted by molar-refractivity contribution is 5.92. The number of furan rings is 1. The Morgan fingerprint density at radius 1 is 1.47 bits per heavy atom. The average molecular weight is 265 g/mol. The highest BCUT2D eigenvalue weighted by Gasteiger charge is 2.46. The average Bonchev–Trinajstić information content (AvgIpc) is 3.02. The van der Waals surface area contributed by atoms with E-state index in [1.54, 1.807) is 13.2 Å². The summed E-state index contributed by atoms with van der Waals surface area (Å²) in [6, 6.07) is 3.65. The lowest BCUT2D eigenvalue weighted by Gasteiger charge is -2.31. The Balaban J connectivity index is 1.82. The molecule has 0 aliphatic carbocycles. The summed E-state index contributed by atoms with van der Waals surface area (Å²) in [7, 11) is 1.67. The van der Waals surface area contributed by atoms with E-state index >= 15 is 0 Å². The second kappa shape index (κ2) is 4.98. The van der Waals surface area contributed by atoms with Crippen LogP contribution in [0.4, 0.5) is 0 Å². The molecule has 0 aromatic carbocycles. The van der Waals surface area contributed by atoms with Crippen LogP contribution in [0, 0.1) is 6.92 Å². The third kappa shape index (κ3) is 2.17. The molecule has 5 heteroatoms. The van der Waals surface area contributed by atoms with E-state index in [0.29, 0.717) is 12.3 Å². The number of amides is 1. The first-order chi connectivity index (χ1) is 9.20. The molecule has 2 aliphatic rings. The van der Waals surface area contributed by atoms with E-state index in [4.69, 9.17) is 13.9 Å². The predicted molar refractivity (Wildman–Crippen MR) is 68.0 cm³/mol. The summed E-state index contributed by atoms with van der Waals surface area (Å²) in [5.74, 6) is 1.09. The molecule has 1 aromatic heterocycles. The Hall–Kier alpha value is -1.33. The zero-order valence-electron chi connectivity index (χ0n) is 11.3. The Bertz CT molecular complexity index is 470. The van der Waals surface area contributed by atoms with Gasteiger partial charge in [0.1, 0.15) is 18.0 Å². The lowest BCUT2D eigenvalue weighted by atomic mass is 10.0. The number of ether oxygens (including phenoxy) is 2. The van der Waals surface area contributed by atoms with Crippen LogP contribution in [0.3, 0.4) is 0 Å². The first kappa shape index (κ1) is 12.7. The summed E-state index contributed by atoms with van der Waals surface area (Å²) in [5, 5.41) is 0. The van der Waals surface area contributed by atoms with Crippen molar-refractivity contribution in [3.05, 3.63) is 23.7 Å². The molecule has 3 rings (SSSR count). The maximum absolute atomic E-state index is 12.5. The predicted octanol–water partition coefficient (Wildman–Crippen LogP) is 1.61. The molecule has 2 fully saturated rings. The van der Waals surface area contributed by atoms with Gasteiger partial charge in [-0.1, -0.05) is 0 Å². The standard InChI is InChI=1S/C14H19NO4/c1-9-5-6-11(19-9)14(16)15-8-12(17-2)13-10(15)4-3-7-18-13/h5-6,10,12-13H,3-4,7-8H2,1-2H3/t10-,12+,13+/m0/s1. The molecule has 1 aromatic rings. The van der Waals surface area contributed by atoms with Crippen LogP contribution in [0.15, 0.2) is 16.5 Å². The molecular weight excluding hydrogens is 246 g/mol. The van der Waals surface area contributed by atoms with Crippen molar-refractivity contribution in [2.45, 2.75) is 38.0 Å². The molecule has 3 atom stereocenters. The molecule has 0 radical (unpaired) electrons. The van der Waals surface area contributed by atoms with E-state index < -0.39 is 0 Å². The molecule has 0 unspecified atom stereocenters.